The molecule has 0 amide bonds. The SMILES string of the molecule is CCOC(=O)C1CCCC(NC2CCCCCC2C)C1. The van der Waals surface area contributed by atoms with Gasteiger partial charge in [0.05, 0.1) is 12.5 Å². The van der Waals surface area contributed by atoms with Gasteiger partial charge in [0.1, 0.15) is 0 Å². The third kappa shape index (κ3) is 4.47. The highest BCUT2D eigenvalue weighted by molar-refractivity contribution is 5.72. The Bertz CT molecular complexity index is 305. The Morgan fingerprint density at radius 1 is 1.10 bits per heavy atom. The topological polar surface area (TPSA) is 38.3 Å². The van der Waals surface area contributed by atoms with Crippen molar-refractivity contribution in [2.24, 2.45) is 11.8 Å². The van der Waals surface area contributed by atoms with Gasteiger partial charge >= 0.3 is 5.97 Å². The average molecular weight is 281 g/mol. The van der Waals surface area contributed by atoms with Gasteiger partial charge < -0.3 is 10.1 Å². The lowest BCUT2D eigenvalue weighted by molar-refractivity contribution is -0.149. The standard InChI is InChI=1S/C17H31NO2/c1-3-20-17(19)14-9-7-10-15(12-14)18-16-11-6-4-5-8-13(16)2/h13-16,18H,3-12H2,1-2H3. The fraction of sp³-hybridized carbons (Fsp3) is 0.941. The minimum Gasteiger partial charge on any atom is -0.466 e. The lowest BCUT2D eigenvalue weighted by Crippen LogP contribution is -2.45. The first-order chi connectivity index (χ1) is 9.70. The molecule has 2 fully saturated rings. The quantitative estimate of drug-likeness (QED) is 0.631. The van der Waals surface area contributed by atoms with Crippen LogP contribution in [0.5, 0.6) is 0 Å². The van der Waals surface area contributed by atoms with E-state index >= 15 is 0 Å². The molecule has 0 aromatic rings. The van der Waals surface area contributed by atoms with Crippen molar-refractivity contribution < 1.29 is 9.53 Å². The highest BCUT2D eigenvalue weighted by Crippen LogP contribution is 2.29. The van der Waals surface area contributed by atoms with E-state index in [0.717, 1.165) is 25.2 Å². The van der Waals surface area contributed by atoms with Gasteiger partial charge in [-0.15, -0.1) is 0 Å². The van der Waals surface area contributed by atoms with Gasteiger partial charge in [-0.1, -0.05) is 32.6 Å². The van der Waals surface area contributed by atoms with E-state index in [0.29, 0.717) is 18.7 Å². The van der Waals surface area contributed by atoms with Gasteiger partial charge in [-0.2, -0.15) is 0 Å². The third-order valence-corrected chi connectivity index (χ3v) is 5.11. The van der Waals surface area contributed by atoms with E-state index in [4.69, 9.17) is 4.74 Å². The molecule has 4 unspecified atom stereocenters. The van der Waals surface area contributed by atoms with Gasteiger partial charge in [-0.05, 0) is 44.9 Å². The van der Waals surface area contributed by atoms with Crippen molar-refractivity contribution in [1.82, 2.24) is 5.32 Å². The molecule has 0 saturated heterocycles. The summed E-state index contributed by atoms with van der Waals surface area (Å²) in [6.07, 6.45) is 11.2. The molecule has 1 N–H and O–H groups in total. The van der Waals surface area contributed by atoms with E-state index < -0.39 is 0 Å². The first-order valence-corrected chi connectivity index (χ1v) is 8.63. The van der Waals surface area contributed by atoms with Crippen LogP contribution in [-0.4, -0.2) is 24.7 Å². The number of hydrogen-bond donors (Lipinski definition) is 1. The Kier molecular flexibility index (Phi) is 6.34. The molecule has 2 aliphatic rings. The average Bonchev–Trinajstić information content (AvgIpc) is 2.65. The van der Waals surface area contributed by atoms with Crippen molar-refractivity contribution in [3.05, 3.63) is 0 Å². The summed E-state index contributed by atoms with van der Waals surface area (Å²) in [5, 5.41) is 3.87. The van der Waals surface area contributed by atoms with Crippen molar-refractivity contribution in [1.29, 1.82) is 0 Å². The van der Waals surface area contributed by atoms with Crippen molar-refractivity contribution in [3.63, 3.8) is 0 Å². The highest BCUT2D eigenvalue weighted by atomic mass is 16.5. The number of esters is 1. The molecule has 116 valence electrons. The van der Waals surface area contributed by atoms with Crippen LogP contribution in [0.15, 0.2) is 0 Å². The van der Waals surface area contributed by atoms with Crippen LogP contribution < -0.4 is 5.32 Å². The number of nitrogens with one attached hydrogen (secondary N) is 1. The summed E-state index contributed by atoms with van der Waals surface area (Å²) in [7, 11) is 0. The van der Waals surface area contributed by atoms with Gasteiger partial charge in [0.2, 0.25) is 0 Å². The Balaban J connectivity index is 1.83. The van der Waals surface area contributed by atoms with Crippen LogP contribution in [0.4, 0.5) is 0 Å². The molecule has 0 aromatic heterocycles. The van der Waals surface area contributed by atoms with E-state index in [1.165, 1.54) is 38.5 Å². The first-order valence-electron chi connectivity index (χ1n) is 8.63. The monoisotopic (exact) mass is 281 g/mol. The summed E-state index contributed by atoms with van der Waals surface area (Å²) in [5.41, 5.74) is 0. The maximum atomic E-state index is 11.9. The number of rotatable bonds is 4. The summed E-state index contributed by atoms with van der Waals surface area (Å²) in [6, 6.07) is 1.17. The second-order valence-electron chi connectivity index (χ2n) is 6.70. The van der Waals surface area contributed by atoms with Crippen LogP contribution in [0.1, 0.15) is 71.6 Å². The second-order valence-corrected chi connectivity index (χ2v) is 6.70. The molecule has 20 heavy (non-hydrogen) atoms. The van der Waals surface area contributed by atoms with Gasteiger partial charge in [-0.25, -0.2) is 0 Å². The molecule has 4 atom stereocenters. The number of hydrogen-bond acceptors (Lipinski definition) is 3. The molecular formula is C17H31NO2. The van der Waals surface area contributed by atoms with Gasteiger partial charge in [0.25, 0.3) is 0 Å². The number of carbonyl (C=O) groups excluding carboxylic acids is 1. The van der Waals surface area contributed by atoms with Crippen molar-refractivity contribution in [2.45, 2.75) is 83.7 Å². The van der Waals surface area contributed by atoms with E-state index in [1.807, 2.05) is 6.92 Å². The van der Waals surface area contributed by atoms with Gasteiger partial charge in [0, 0.05) is 12.1 Å². The zero-order valence-corrected chi connectivity index (χ0v) is 13.2. The van der Waals surface area contributed by atoms with Crippen LogP contribution >= 0.6 is 0 Å². The van der Waals surface area contributed by atoms with Crippen LogP contribution in [0, 0.1) is 11.8 Å². The summed E-state index contributed by atoms with van der Waals surface area (Å²) >= 11 is 0. The molecule has 0 aromatic carbocycles. The first kappa shape index (κ1) is 15.8. The van der Waals surface area contributed by atoms with E-state index in [2.05, 4.69) is 12.2 Å². The molecular weight excluding hydrogens is 250 g/mol. The maximum absolute atomic E-state index is 11.9. The van der Waals surface area contributed by atoms with Gasteiger partial charge in [-0.3, -0.25) is 4.79 Å². The molecule has 2 aliphatic carbocycles. The molecule has 2 rings (SSSR count). The zero-order valence-electron chi connectivity index (χ0n) is 13.2. The maximum Gasteiger partial charge on any atom is 0.308 e. The highest BCUT2D eigenvalue weighted by Gasteiger charge is 2.30. The molecule has 0 heterocycles. The number of carbonyl (C=O) groups is 1. The van der Waals surface area contributed by atoms with E-state index in [-0.39, 0.29) is 11.9 Å². The fourth-order valence-electron chi connectivity index (χ4n) is 3.86. The summed E-state index contributed by atoms with van der Waals surface area (Å²) in [4.78, 5) is 11.9. The minimum atomic E-state index is 0.0212. The predicted molar refractivity (Wildman–Crippen MR) is 81.6 cm³/mol. The largest absolute Gasteiger partial charge is 0.466 e. The minimum absolute atomic E-state index is 0.0212. The molecule has 2 saturated carbocycles. The van der Waals surface area contributed by atoms with E-state index in [9.17, 15) is 4.79 Å². The Hall–Kier alpha value is -0.570. The van der Waals surface area contributed by atoms with Gasteiger partial charge in [0.15, 0.2) is 0 Å². The molecule has 0 radical (unpaired) electrons. The van der Waals surface area contributed by atoms with Crippen LogP contribution in [-0.2, 0) is 9.53 Å². The zero-order chi connectivity index (χ0) is 14.4. The van der Waals surface area contributed by atoms with Crippen LogP contribution in [0.3, 0.4) is 0 Å². The second kappa shape index (κ2) is 8.02. The van der Waals surface area contributed by atoms with Crippen LogP contribution in [0.25, 0.3) is 0 Å². The third-order valence-electron chi connectivity index (χ3n) is 5.11. The summed E-state index contributed by atoms with van der Waals surface area (Å²) < 4.78 is 5.19. The molecule has 0 bridgehead atoms. The lowest BCUT2D eigenvalue weighted by Gasteiger charge is -2.33. The van der Waals surface area contributed by atoms with Crippen molar-refractivity contribution >= 4 is 5.97 Å². The molecule has 3 heteroatoms. The van der Waals surface area contributed by atoms with E-state index in [1.54, 1.807) is 0 Å². The Labute approximate surface area is 123 Å². The molecule has 3 nitrogen and oxygen atoms in total. The molecule has 0 aliphatic heterocycles. The fourth-order valence-corrected chi connectivity index (χ4v) is 3.86. The normalized spacial score (nSPS) is 35.3. The molecule has 0 spiro atoms. The number of ether oxygens (including phenoxy) is 1. The van der Waals surface area contributed by atoms with Crippen LogP contribution in [0.2, 0.25) is 0 Å². The van der Waals surface area contributed by atoms with Crippen molar-refractivity contribution in [2.75, 3.05) is 6.61 Å². The Morgan fingerprint density at radius 2 is 1.90 bits per heavy atom. The smallest absolute Gasteiger partial charge is 0.308 e. The van der Waals surface area contributed by atoms with Crippen molar-refractivity contribution in [3.8, 4) is 0 Å². The summed E-state index contributed by atoms with van der Waals surface area (Å²) in [6.45, 7) is 4.78. The lowest BCUT2D eigenvalue weighted by atomic mass is 9.84. The summed E-state index contributed by atoms with van der Waals surface area (Å²) in [5.74, 6) is 0.927. The predicted octanol–water partition coefficient (Wildman–Crippen LogP) is 3.67. The Morgan fingerprint density at radius 3 is 2.70 bits per heavy atom.